The van der Waals surface area contributed by atoms with Gasteiger partial charge >= 0.3 is 6.18 Å². The largest absolute Gasteiger partial charge is 0.481 e. The molecule has 1 saturated heterocycles. The van der Waals surface area contributed by atoms with Crippen molar-refractivity contribution >= 4 is 28.6 Å². The van der Waals surface area contributed by atoms with Gasteiger partial charge in [0.25, 0.3) is 11.7 Å². The van der Waals surface area contributed by atoms with Gasteiger partial charge in [-0.05, 0) is 11.8 Å². The van der Waals surface area contributed by atoms with Crippen LogP contribution in [-0.2, 0) is 20.9 Å². The van der Waals surface area contributed by atoms with E-state index >= 15 is 0 Å². The molecule has 3 rings (SSSR count). The standard InChI is InChI=1S/C17H16F3N3O3S/c1-26-11-8-12-22(9-10-6-4-3-5-7-10)13(14(24)17(18,19)20)15(25)23(12)16(21-11)27-2/h3-8,12-13H,9H2,1-2H3. The van der Waals surface area contributed by atoms with Crippen LogP contribution in [0, 0.1) is 0 Å². The molecular weight excluding hydrogens is 383 g/mol. The number of amides is 1. The number of fused-ring (bicyclic) bond motifs is 1. The number of hydrogen-bond donors (Lipinski definition) is 0. The Morgan fingerprint density at radius 2 is 1.96 bits per heavy atom. The van der Waals surface area contributed by atoms with Gasteiger partial charge in [0, 0.05) is 12.6 Å². The monoisotopic (exact) mass is 399 g/mol. The van der Waals surface area contributed by atoms with Gasteiger partial charge < -0.3 is 4.74 Å². The van der Waals surface area contributed by atoms with E-state index in [4.69, 9.17) is 4.74 Å². The molecule has 0 aliphatic carbocycles. The fraction of sp³-hybridized carbons (Fsp3) is 0.353. The number of Topliss-reactive ketones (excluding diaryl/α,β-unsaturated/α-hetero) is 1. The third kappa shape index (κ3) is 3.59. The number of rotatable bonds is 4. The molecule has 0 spiro atoms. The Morgan fingerprint density at radius 1 is 1.30 bits per heavy atom. The summed E-state index contributed by atoms with van der Waals surface area (Å²) in [7, 11) is 1.37. The number of nitrogens with zero attached hydrogens (tertiary/aromatic N) is 3. The van der Waals surface area contributed by atoms with Crippen molar-refractivity contribution in [3.8, 4) is 0 Å². The summed E-state index contributed by atoms with van der Waals surface area (Å²) in [5.74, 6) is -2.87. The Kier molecular flexibility index (Phi) is 5.29. The number of carbonyl (C=O) groups is 2. The van der Waals surface area contributed by atoms with Crippen molar-refractivity contribution < 1.29 is 27.5 Å². The van der Waals surface area contributed by atoms with Gasteiger partial charge in [0.15, 0.2) is 11.2 Å². The molecule has 6 nitrogen and oxygen atoms in total. The molecule has 27 heavy (non-hydrogen) atoms. The lowest BCUT2D eigenvalue weighted by Crippen LogP contribution is -2.47. The fourth-order valence-corrected chi connectivity index (χ4v) is 3.63. The number of methoxy groups -OCH3 is 1. The van der Waals surface area contributed by atoms with Gasteiger partial charge in [0.2, 0.25) is 5.88 Å². The highest BCUT2D eigenvalue weighted by molar-refractivity contribution is 8.13. The molecular formula is C17H16F3N3O3S. The topological polar surface area (TPSA) is 62.2 Å². The Bertz CT molecular complexity index is 811. The van der Waals surface area contributed by atoms with E-state index in [1.807, 2.05) is 0 Å². The molecule has 0 aromatic heterocycles. The van der Waals surface area contributed by atoms with Gasteiger partial charge in [-0.25, -0.2) is 0 Å². The van der Waals surface area contributed by atoms with E-state index < -0.39 is 30.1 Å². The average molecular weight is 399 g/mol. The number of ether oxygens (including phenoxy) is 1. The summed E-state index contributed by atoms with van der Waals surface area (Å²) in [5, 5.41) is 0.180. The summed E-state index contributed by atoms with van der Waals surface area (Å²) in [6.45, 7) is -0.0185. The van der Waals surface area contributed by atoms with E-state index in [0.717, 1.165) is 16.7 Å². The summed E-state index contributed by atoms with van der Waals surface area (Å²) in [4.78, 5) is 31.3. The molecule has 2 heterocycles. The maximum atomic E-state index is 13.2. The first-order valence-electron chi connectivity index (χ1n) is 7.90. The number of amidine groups is 1. The van der Waals surface area contributed by atoms with Crippen LogP contribution < -0.4 is 0 Å². The second kappa shape index (κ2) is 7.35. The molecule has 1 amide bonds. The second-order valence-corrected chi connectivity index (χ2v) is 6.63. The van der Waals surface area contributed by atoms with Crippen molar-refractivity contribution in [1.29, 1.82) is 0 Å². The smallest absolute Gasteiger partial charge is 0.452 e. The van der Waals surface area contributed by atoms with Crippen LogP contribution in [0.1, 0.15) is 5.56 Å². The number of halogens is 3. The van der Waals surface area contributed by atoms with Crippen molar-refractivity contribution in [3.63, 3.8) is 0 Å². The Morgan fingerprint density at radius 3 is 2.52 bits per heavy atom. The third-order valence-electron chi connectivity index (χ3n) is 4.24. The summed E-state index contributed by atoms with van der Waals surface area (Å²) in [5.41, 5.74) is 0.674. The van der Waals surface area contributed by atoms with Crippen LogP contribution in [0.5, 0.6) is 0 Å². The van der Waals surface area contributed by atoms with Crippen LogP contribution in [0.4, 0.5) is 13.2 Å². The van der Waals surface area contributed by atoms with Gasteiger partial charge in [-0.3, -0.25) is 19.4 Å². The minimum absolute atomic E-state index is 0.0185. The van der Waals surface area contributed by atoms with Gasteiger partial charge in [-0.2, -0.15) is 18.2 Å². The van der Waals surface area contributed by atoms with Crippen molar-refractivity contribution in [2.45, 2.75) is 24.9 Å². The summed E-state index contributed by atoms with van der Waals surface area (Å²) in [6, 6.07) is 6.70. The normalized spacial score (nSPS) is 23.0. The molecule has 10 heteroatoms. The molecule has 2 unspecified atom stereocenters. The van der Waals surface area contributed by atoms with Crippen LogP contribution in [-0.4, -0.2) is 58.4 Å². The number of aliphatic imine (C=N–C) groups is 1. The number of thioether (sulfide) groups is 1. The van der Waals surface area contributed by atoms with Crippen LogP contribution in [0.3, 0.4) is 0 Å². The first-order chi connectivity index (χ1) is 12.8. The highest BCUT2D eigenvalue weighted by Crippen LogP contribution is 2.35. The van der Waals surface area contributed by atoms with E-state index in [2.05, 4.69) is 4.99 Å². The molecule has 144 valence electrons. The predicted octanol–water partition coefficient (Wildman–Crippen LogP) is 2.38. The van der Waals surface area contributed by atoms with Crippen LogP contribution in [0.25, 0.3) is 0 Å². The lowest BCUT2D eigenvalue weighted by atomic mass is 10.1. The van der Waals surface area contributed by atoms with E-state index in [0.29, 0.717) is 5.56 Å². The number of benzene rings is 1. The molecule has 1 aromatic carbocycles. The van der Waals surface area contributed by atoms with Gasteiger partial charge in [0.1, 0.15) is 6.17 Å². The molecule has 0 saturated carbocycles. The van der Waals surface area contributed by atoms with E-state index in [1.165, 1.54) is 18.1 Å². The quantitative estimate of drug-likeness (QED) is 0.728. The van der Waals surface area contributed by atoms with Crippen molar-refractivity contribution in [2.75, 3.05) is 13.4 Å². The first kappa shape index (κ1) is 19.4. The average Bonchev–Trinajstić information content (AvgIpc) is 2.92. The SMILES string of the molecule is COC1=CC2N(C(=O)C(C(=O)C(F)(F)F)N2Cc2ccccc2)C(SC)=N1. The lowest BCUT2D eigenvalue weighted by molar-refractivity contribution is -0.177. The maximum absolute atomic E-state index is 13.2. The molecule has 0 radical (unpaired) electrons. The summed E-state index contributed by atoms with van der Waals surface area (Å²) < 4.78 is 44.6. The predicted molar refractivity (Wildman–Crippen MR) is 93.5 cm³/mol. The van der Waals surface area contributed by atoms with Crippen LogP contribution >= 0.6 is 11.8 Å². The zero-order valence-electron chi connectivity index (χ0n) is 14.4. The Hall–Kier alpha value is -2.33. The van der Waals surface area contributed by atoms with Gasteiger partial charge in [-0.15, -0.1) is 0 Å². The molecule has 2 atom stereocenters. The summed E-state index contributed by atoms with van der Waals surface area (Å²) in [6.07, 6.45) is -2.95. The minimum atomic E-state index is -5.13. The zero-order chi connectivity index (χ0) is 19.8. The molecule has 1 fully saturated rings. The van der Waals surface area contributed by atoms with E-state index in [1.54, 1.807) is 36.6 Å². The van der Waals surface area contributed by atoms with E-state index in [-0.39, 0.29) is 17.6 Å². The highest BCUT2D eigenvalue weighted by atomic mass is 32.2. The zero-order valence-corrected chi connectivity index (χ0v) is 15.3. The Balaban J connectivity index is 2.06. The van der Waals surface area contributed by atoms with E-state index in [9.17, 15) is 22.8 Å². The molecule has 1 aromatic rings. The van der Waals surface area contributed by atoms with Crippen molar-refractivity contribution in [1.82, 2.24) is 9.80 Å². The number of alkyl halides is 3. The highest BCUT2D eigenvalue weighted by Gasteiger charge is 2.58. The van der Waals surface area contributed by atoms with Crippen LogP contribution in [0.2, 0.25) is 0 Å². The lowest BCUT2D eigenvalue weighted by Gasteiger charge is -2.31. The van der Waals surface area contributed by atoms with Gasteiger partial charge in [0.05, 0.1) is 7.11 Å². The molecule has 2 aliphatic heterocycles. The van der Waals surface area contributed by atoms with Gasteiger partial charge in [-0.1, -0.05) is 42.1 Å². The van der Waals surface area contributed by atoms with Crippen molar-refractivity contribution in [3.05, 3.63) is 47.9 Å². The maximum Gasteiger partial charge on any atom is 0.452 e. The van der Waals surface area contributed by atoms with Crippen LogP contribution in [0.15, 0.2) is 47.3 Å². The number of ketones is 1. The number of hydrogen-bond acceptors (Lipinski definition) is 6. The first-order valence-corrected chi connectivity index (χ1v) is 9.12. The second-order valence-electron chi connectivity index (χ2n) is 5.85. The number of carbonyl (C=O) groups excluding carboxylic acids is 2. The van der Waals surface area contributed by atoms with Crippen molar-refractivity contribution in [2.24, 2.45) is 4.99 Å². The molecule has 2 aliphatic rings. The molecule has 0 bridgehead atoms. The summed E-state index contributed by atoms with van der Waals surface area (Å²) >= 11 is 1.09. The molecule has 0 N–H and O–H groups in total. The minimum Gasteiger partial charge on any atom is -0.481 e. The third-order valence-corrected chi connectivity index (χ3v) is 4.89. The Labute approximate surface area is 157 Å². The fourth-order valence-electron chi connectivity index (χ4n) is 3.05.